The van der Waals surface area contributed by atoms with Gasteiger partial charge in [-0.1, -0.05) is 0 Å². The highest BCUT2D eigenvalue weighted by molar-refractivity contribution is 5.81. The van der Waals surface area contributed by atoms with Gasteiger partial charge >= 0.3 is 0 Å². The SMILES string of the molecule is COCCCNC(=O)[C@H](C)N1CC(n2cccn2)C1. The molecule has 0 aromatic carbocycles. The normalized spacial score (nSPS) is 18.0. The van der Waals surface area contributed by atoms with Crippen LogP contribution in [0.3, 0.4) is 0 Å². The molecule has 1 fully saturated rings. The minimum absolute atomic E-state index is 0.0747. The summed E-state index contributed by atoms with van der Waals surface area (Å²) < 4.78 is 6.91. The molecule has 1 aromatic heterocycles. The first-order chi connectivity index (χ1) is 9.22. The van der Waals surface area contributed by atoms with Gasteiger partial charge in [0.05, 0.1) is 12.1 Å². The average molecular weight is 266 g/mol. The lowest BCUT2D eigenvalue weighted by Gasteiger charge is -2.42. The largest absolute Gasteiger partial charge is 0.385 e. The van der Waals surface area contributed by atoms with Crippen molar-refractivity contribution in [1.82, 2.24) is 20.0 Å². The molecule has 19 heavy (non-hydrogen) atoms. The molecule has 1 saturated heterocycles. The van der Waals surface area contributed by atoms with Crippen molar-refractivity contribution < 1.29 is 9.53 Å². The number of carbonyl (C=O) groups is 1. The highest BCUT2D eigenvalue weighted by Gasteiger charge is 2.34. The zero-order valence-corrected chi connectivity index (χ0v) is 11.6. The van der Waals surface area contributed by atoms with Gasteiger partial charge in [-0.05, 0) is 19.4 Å². The number of methoxy groups -OCH3 is 1. The van der Waals surface area contributed by atoms with E-state index in [9.17, 15) is 4.79 Å². The molecule has 0 saturated carbocycles. The first kappa shape index (κ1) is 14.0. The summed E-state index contributed by atoms with van der Waals surface area (Å²) in [4.78, 5) is 14.1. The molecule has 6 heteroatoms. The third kappa shape index (κ3) is 3.54. The second kappa shape index (κ2) is 6.68. The van der Waals surface area contributed by atoms with Crippen LogP contribution >= 0.6 is 0 Å². The summed E-state index contributed by atoms with van der Waals surface area (Å²) >= 11 is 0. The molecule has 0 bridgehead atoms. The van der Waals surface area contributed by atoms with Gasteiger partial charge in [0.25, 0.3) is 0 Å². The molecule has 1 aromatic rings. The van der Waals surface area contributed by atoms with E-state index in [0.717, 1.165) is 19.5 Å². The molecule has 1 amide bonds. The fourth-order valence-corrected chi connectivity index (χ4v) is 2.21. The lowest BCUT2D eigenvalue weighted by molar-refractivity contribution is -0.128. The topological polar surface area (TPSA) is 59.4 Å². The van der Waals surface area contributed by atoms with E-state index in [4.69, 9.17) is 4.74 Å². The Balaban J connectivity index is 1.67. The molecule has 6 nitrogen and oxygen atoms in total. The van der Waals surface area contributed by atoms with Gasteiger partial charge < -0.3 is 10.1 Å². The van der Waals surface area contributed by atoms with Crippen LogP contribution in [0.1, 0.15) is 19.4 Å². The predicted octanol–water partition coefficient (Wildman–Crippen LogP) is 0.281. The molecule has 1 atom stereocenters. The Hall–Kier alpha value is -1.40. The number of hydrogen-bond acceptors (Lipinski definition) is 4. The molecule has 0 aliphatic carbocycles. The zero-order valence-electron chi connectivity index (χ0n) is 11.6. The van der Waals surface area contributed by atoms with Gasteiger partial charge in [0.1, 0.15) is 0 Å². The number of hydrogen-bond donors (Lipinski definition) is 1. The van der Waals surface area contributed by atoms with E-state index in [1.807, 2.05) is 23.9 Å². The fourth-order valence-electron chi connectivity index (χ4n) is 2.21. The van der Waals surface area contributed by atoms with Crippen LogP contribution in [-0.4, -0.2) is 60.0 Å². The molecule has 1 aliphatic heterocycles. The van der Waals surface area contributed by atoms with E-state index in [1.165, 1.54) is 0 Å². The van der Waals surface area contributed by atoms with Crippen LogP contribution in [0.4, 0.5) is 0 Å². The molecule has 2 rings (SSSR count). The Labute approximate surface area is 113 Å². The Kier molecular flexibility index (Phi) is 4.93. The van der Waals surface area contributed by atoms with Crippen LogP contribution in [-0.2, 0) is 9.53 Å². The van der Waals surface area contributed by atoms with Crippen LogP contribution in [0, 0.1) is 0 Å². The van der Waals surface area contributed by atoms with E-state index >= 15 is 0 Å². The predicted molar refractivity (Wildman–Crippen MR) is 71.8 cm³/mol. The maximum atomic E-state index is 11.9. The third-order valence-electron chi connectivity index (χ3n) is 3.54. The van der Waals surface area contributed by atoms with Crippen LogP contribution in [0.25, 0.3) is 0 Å². The summed E-state index contributed by atoms with van der Waals surface area (Å²) in [6.45, 7) is 5.07. The summed E-state index contributed by atoms with van der Waals surface area (Å²) in [6, 6.07) is 2.25. The Morgan fingerprint density at radius 2 is 2.37 bits per heavy atom. The first-order valence-corrected chi connectivity index (χ1v) is 6.72. The van der Waals surface area contributed by atoms with Crippen molar-refractivity contribution in [3.05, 3.63) is 18.5 Å². The maximum absolute atomic E-state index is 11.9. The highest BCUT2D eigenvalue weighted by atomic mass is 16.5. The van der Waals surface area contributed by atoms with Gasteiger partial charge in [0, 0.05) is 45.7 Å². The van der Waals surface area contributed by atoms with Gasteiger partial charge in [-0.2, -0.15) is 5.10 Å². The quantitative estimate of drug-likeness (QED) is 0.720. The van der Waals surface area contributed by atoms with Crippen molar-refractivity contribution in [2.24, 2.45) is 0 Å². The van der Waals surface area contributed by atoms with Crippen molar-refractivity contribution in [1.29, 1.82) is 0 Å². The number of likely N-dealkylation sites (tertiary alicyclic amines) is 1. The number of rotatable bonds is 7. The van der Waals surface area contributed by atoms with Crippen molar-refractivity contribution >= 4 is 5.91 Å². The van der Waals surface area contributed by atoms with Crippen LogP contribution in [0.2, 0.25) is 0 Å². The van der Waals surface area contributed by atoms with Gasteiger partial charge in [0.15, 0.2) is 0 Å². The smallest absolute Gasteiger partial charge is 0.237 e. The van der Waals surface area contributed by atoms with Crippen LogP contribution in [0.5, 0.6) is 0 Å². The van der Waals surface area contributed by atoms with Crippen LogP contribution in [0.15, 0.2) is 18.5 Å². The van der Waals surface area contributed by atoms with Crippen molar-refractivity contribution in [2.45, 2.75) is 25.4 Å². The Bertz CT molecular complexity index is 387. The van der Waals surface area contributed by atoms with Crippen molar-refractivity contribution in [2.75, 3.05) is 33.4 Å². The molecular weight excluding hydrogens is 244 g/mol. The molecule has 106 valence electrons. The monoisotopic (exact) mass is 266 g/mol. The van der Waals surface area contributed by atoms with Crippen molar-refractivity contribution in [3.8, 4) is 0 Å². The summed E-state index contributed by atoms with van der Waals surface area (Å²) in [5.41, 5.74) is 0. The number of nitrogens with zero attached hydrogens (tertiary/aromatic N) is 3. The highest BCUT2D eigenvalue weighted by Crippen LogP contribution is 2.22. The minimum Gasteiger partial charge on any atom is -0.385 e. The molecule has 0 unspecified atom stereocenters. The lowest BCUT2D eigenvalue weighted by Crippen LogP contribution is -2.56. The minimum atomic E-state index is -0.0747. The fraction of sp³-hybridized carbons (Fsp3) is 0.692. The summed E-state index contributed by atoms with van der Waals surface area (Å²) in [6.07, 6.45) is 4.61. The van der Waals surface area contributed by atoms with Crippen LogP contribution < -0.4 is 5.32 Å². The number of nitrogens with one attached hydrogen (secondary N) is 1. The second-order valence-electron chi connectivity index (χ2n) is 4.91. The first-order valence-electron chi connectivity index (χ1n) is 6.72. The molecular formula is C13H22N4O2. The molecule has 0 radical (unpaired) electrons. The maximum Gasteiger partial charge on any atom is 0.237 e. The molecule has 1 N–H and O–H groups in total. The standard InChI is InChI=1S/C13H22N4O2/c1-11(13(18)14-5-4-8-19-2)16-9-12(10-16)17-7-3-6-15-17/h3,6-7,11-12H,4-5,8-10H2,1-2H3,(H,14,18)/t11-/m0/s1. The lowest BCUT2D eigenvalue weighted by atomic mass is 10.1. The third-order valence-corrected chi connectivity index (χ3v) is 3.54. The number of amides is 1. The zero-order chi connectivity index (χ0) is 13.7. The number of ether oxygens (including phenoxy) is 1. The Morgan fingerprint density at radius 1 is 1.58 bits per heavy atom. The molecule has 2 heterocycles. The van der Waals surface area contributed by atoms with E-state index in [1.54, 1.807) is 13.3 Å². The average Bonchev–Trinajstić information content (AvgIpc) is 2.86. The van der Waals surface area contributed by atoms with Gasteiger partial charge in [-0.15, -0.1) is 0 Å². The van der Waals surface area contributed by atoms with E-state index in [-0.39, 0.29) is 11.9 Å². The molecule has 1 aliphatic rings. The van der Waals surface area contributed by atoms with Gasteiger partial charge in [0.2, 0.25) is 5.91 Å². The van der Waals surface area contributed by atoms with Gasteiger partial charge in [-0.25, -0.2) is 0 Å². The number of aromatic nitrogens is 2. The van der Waals surface area contributed by atoms with E-state index < -0.39 is 0 Å². The molecule has 0 spiro atoms. The summed E-state index contributed by atoms with van der Waals surface area (Å²) in [7, 11) is 1.67. The Morgan fingerprint density at radius 3 is 3.00 bits per heavy atom. The van der Waals surface area contributed by atoms with E-state index in [2.05, 4.69) is 15.3 Å². The number of carbonyl (C=O) groups excluding carboxylic acids is 1. The summed E-state index contributed by atoms with van der Waals surface area (Å²) in [5, 5.41) is 7.16. The second-order valence-corrected chi connectivity index (χ2v) is 4.91. The van der Waals surface area contributed by atoms with E-state index in [0.29, 0.717) is 19.2 Å². The van der Waals surface area contributed by atoms with Crippen molar-refractivity contribution in [3.63, 3.8) is 0 Å². The summed E-state index contributed by atoms with van der Waals surface area (Å²) in [5.74, 6) is 0.0926. The van der Waals surface area contributed by atoms with Gasteiger partial charge in [-0.3, -0.25) is 14.4 Å².